The SMILES string of the molecule is CCOc1ccc(C(O)c2nc3cc(C(=O)N(CC)CC)ccc3n2CCC(C)C)cc1. The van der Waals surface area contributed by atoms with Crippen molar-refractivity contribution in [2.75, 3.05) is 19.7 Å². The van der Waals surface area contributed by atoms with Crippen LogP contribution in [0.2, 0.25) is 0 Å². The Balaban J connectivity index is 2.02. The summed E-state index contributed by atoms with van der Waals surface area (Å²) in [7, 11) is 0. The fraction of sp³-hybridized carbons (Fsp3) is 0.462. The van der Waals surface area contributed by atoms with Crippen LogP contribution < -0.4 is 4.74 Å². The first kappa shape index (κ1) is 23.8. The lowest BCUT2D eigenvalue weighted by atomic mass is 10.1. The molecule has 0 aliphatic heterocycles. The summed E-state index contributed by atoms with van der Waals surface area (Å²) >= 11 is 0. The molecule has 0 aliphatic carbocycles. The van der Waals surface area contributed by atoms with Gasteiger partial charge in [-0.3, -0.25) is 4.79 Å². The van der Waals surface area contributed by atoms with Gasteiger partial charge in [-0.15, -0.1) is 0 Å². The van der Waals surface area contributed by atoms with Gasteiger partial charge in [0.15, 0.2) is 0 Å². The predicted octanol–water partition coefficient (Wildman–Crippen LogP) is 5.04. The van der Waals surface area contributed by atoms with E-state index in [0.717, 1.165) is 35.3 Å². The normalized spacial score (nSPS) is 12.3. The highest BCUT2D eigenvalue weighted by molar-refractivity contribution is 5.97. The number of aromatic nitrogens is 2. The first-order valence-electron chi connectivity index (χ1n) is 11.6. The van der Waals surface area contributed by atoms with Crippen LogP contribution in [0.4, 0.5) is 0 Å². The maximum Gasteiger partial charge on any atom is 0.253 e. The lowest BCUT2D eigenvalue weighted by Gasteiger charge is -2.18. The number of amides is 1. The maximum absolute atomic E-state index is 12.8. The van der Waals surface area contributed by atoms with E-state index in [2.05, 4.69) is 18.4 Å². The predicted molar refractivity (Wildman–Crippen MR) is 128 cm³/mol. The lowest BCUT2D eigenvalue weighted by molar-refractivity contribution is 0.0773. The summed E-state index contributed by atoms with van der Waals surface area (Å²) in [6.07, 6.45) is 0.0985. The zero-order valence-corrected chi connectivity index (χ0v) is 19.8. The third kappa shape index (κ3) is 5.13. The van der Waals surface area contributed by atoms with Crippen molar-refractivity contribution < 1.29 is 14.6 Å². The molecule has 0 saturated heterocycles. The molecule has 1 heterocycles. The zero-order chi connectivity index (χ0) is 23.3. The Kier molecular flexibility index (Phi) is 7.91. The van der Waals surface area contributed by atoms with Crippen molar-refractivity contribution in [3.8, 4) is 5.75 Å². The fourth-order valence-electron chi connectivity index (χ4n) is 3.87. The van der Waals surface area contributed by atoms with E-state index in [0.29, 0.717) is 37.0 Å². The molecule has 0 saturated carbocycles. The van der Waals surface area contributed by atoms with Gasteiger partial charge in [0.25, 0.3) is 5.91 Å². The molecule has 0 bridgehead atoms. The number of aliphatic hydroxyl groups is 1. The molecule has 32 heavy (non-hydrogen) atoms. The first-order valence-corrected chi connectivity index (χ1v) is 11.6. The van der Waals surface area contributed by atoms with Gasteiger partial charge in [-0.1, -0.05) is 26.0 Å². The molecule has 1 atom stereocenters. The minimum absolute atomic E-state index is 0.00208. The van der Waals surface area contributed by atoms with E-state index in [9.17, 15) is 9.90 Å². The van der Waals surface area contributed by atoms with Crippen LogP contribution >= 0.6 is 0 Å². The minimum Gasteiger partial charge on any atom is -0.494 e. The number of rotatable bonds is 10. The number of hydrogen-bond donors (Lipinski definition) is 1. The largest absolute Gasteiger partial charge is 0.494 e. The zero-order valence-electron chi connectivity index (χ0n) is 19.8. The summed E-state index contributed by atoms with van der Waals surface area (Å²) in [5.74, 6) is 1.89. The molecule has 3 rings (SSSR count). The summed E-state index contributed by atoms with van der Waals surface area (Å²) in [6.45, 7) is 12.9. The molecule has 0 fully saturated rings. The molecule has 1 amide bonds. The second-order valence-electron chi connectivity index (χ2n) is 8.39. The fourth-order valence-corrected chi connectivity index (χ4v) is 3.87. The number of ether oxygens (including phenoxy) is 1. The topological polar surface area (TPSA) is 67.6 Å². The molecule has 172 valence electrons. The van der Waals surface area contributed by atoms with Crippen LogP contribution in [0.5, 0.6) is 5.75 Å². The summed E-state index contributed by atoms with van der Waals surface area (Å²) in [6, 6.07) is 13.1. The van der Waals surface area contributed by atoms with Crippen molar-refractivity contribution in [2.24, 2.45) is 5.92 Å². The van der Waals surface area contributed by atoms with E-state index >= 15 is 0 Å². The number of aryl methyl sites for hydroxylation is 1. The van der Waals surface area contributed by atoms with Crippen molar-refractivity contribution in [2.45, 2.75) is 53.7 Å². The highest BCUT2D eigenvalue weighted by Gasteiger charge is 2.22. The van der Waals surface area contributed by atoms with Crippen LogP contribution in [0.15, 0.2) is 42.5 Å². The number of aliphatic hydroxyl groups excluding tert-OH is 1. The number of benzene rings is 2. The monoisotopic (exact) mass is 437 g/mol. The van der Waals surface area contributed by atoms with E-state index in [4.69, 9.17) is 9.72 Å². The van der Waals surface area contributed by atoms with E-state index in [1.165, 1.54) is 0 Å². The molecule has 0 radical (unpaired) electrons. The molecule has 1 aromatic heterocycles. The second kappa shape index (κ2) is 10.6. The van der Waals surface area contributed by atoms with Crippen molar-refractivity contribution in [1.29, 1.82) is 0 Å². The minimum atomic E-state index is -0.868. The number of nitrogens with zero attached hydrogens (tertiary/aromatic N) is 3. The van der Waals surface area contributed by atoms with Crippen molar-refractivity contribution in [3.05, 3.63) is 59.4 Å². The Bertz CT molecular complexity index is 1040. The van der Waals surface area contributed by atoms with E-state index in [1.807, 2.05) is 63.2 Å². The van der Waals surface area contributed by atoms with Gasteiger partial charge >= 0.3 is 0 Å². The molecule has 0 spiro atoms. The molecule has 6 heteroatoms. The average molecular weight is 438 g/mol. The number of carbonyl (C=O) groups is 1. The van der Waals surface area contributed by atoms with Gasteiger partial charge in [0, 0.05) is 25.2 Å². The van der Waals surface area contributed by atoms with Gasteiger partial charge in [0.2, 0.25) is 0 Å². The summed E-state index contributed by atoms with van der Waals surface area (Å²) < 4.78 is 7.60. The van der Waals surface area contributed by atoms with Gasteiger partial charge in [-0.2, -0.15) is 0 Å². The average Bonchev–Trinajstić information content (AvgIpc) is 3.16. The lowest BCUT2D eigenvalue weighted by Crippen LogP contribution is -2.30. The van der Waals surface area contributed by atoms with Crippen molar-refractivity contribution >= 4 is 16.9 Å². The quantitative estimate of drug-likeness (QED) is 0.482. The Morgan fingerprint density at radius 1 is 1.09 bits per heavy atom. The third-order valence-electron chi connectivity index (χ3n) is 5.76. The molecular formula is C26H35N3O3. The maximum atomic E-state index is 12.8. The van der Waals surface area contributed by atoms with E-state index in [-0.39, 0.29) is 5.91 Å². The second-order valence-corrected chi connectivity index (χ2v) is 8.39. The van der Waals surface area contributed by atoms with Gasteiger partial charge < -0.3 is 19.3 Å². The van der Waals surface area contributed by atoms with Crippen LogP contribution in [0.25, 0.3) is 11.0 Å². The third-order valence-corrected chi connectivity index (χ3v) is 5.76. The molecule has 1 N–H and O–H groups in total. The van der Waals surface area contributed by atoms with Gasteiger partial charge in [-0.05, 0) is 69.0 Å². The number of hydrogen-bond acceptors (Lipinski definition) is 4. The highest BCUT2D eigenvalue weighted by atomic mass is 16.5. The van der Waals surface area contributed by atoms with Crippen molar-refractivity contribution in [3.63, 3.8) is 0 Å². The van der Waals surface area contributed by atoms with E-state index in [1.54, 1.807) is 4.90 Å². The highest BCUT2D eigenvalue weighted by Crippen LogP contribution is 2.28. The van der Waals surface area contributed by atoms with E-state index < -0.39 is 6.10 Å². The molecule has 1 unspecified atom stereocenters. The van der Waals surface area contributed by atoms with Gasteiger partial charge in [-0.25, -0.2) is 4.98 Å². The Labute approximate surface area is 190 Å². The van der Waals surface area contributed by atoms with Crippen LogP contribution in [0.1, 0.15) is 68.9 Å². The van der Waals surface area contributed by atoms with Crippen LogP contribution in [0, 0.1) is 5.92 Å². The molecule has 3 aromatic rings. The summed E-state index contributed by atoms with van der Waals surface area (Å²) in [5.41, 5.74) is 3.04. The Morgan fingerprint density at radius 2 is 1.78 bits per heavy atom. The first-order chi connectivity index (χ1) is 15.4. The Hall–Kier alpha value is -2.86. The Morgan fingerprint density at radius 3 is 2.38 bits per heavy atom. The summed E-state index contributed by atoms with van der Waals surface area (Å²) in [4.78, 5) is 19.4. The van der Waals surface area contributed by atoms with Crippen molar-refractivity contribution in [1.82, 2.24) is 14.5 Å². The van der Waals surface area contributed by atoms with Crippen LogP contribution in [0.3, 0.4) is 0 Å². The number of fused-ring (bicyclic) bond motifs is 1. The number of carbonyl (C=O) groups excluding carboxylic acids is 1. The van der Waals surface area contributed by atoms with Crippen LogP contribution in [-0.2, 0) is 6.54 Å². The summed E-state index contributed by atoms with van der Waals surface area (Å²) in [5, 5.41) is 11.2. The molecular weight excluding hydrogens is 402 g/mol. The van der Waals surface area contributed by atoms with Gasteiger partial charge in [0.1, 0.15) is 17.7 Å². The molecule has 6 nitrogen and oxygen atoms in total. The smallest absolute Gasteiger partial charge is 0.253 e. The molecule has 2 aromatic carbocycles. The van der Waals surface area contributed by atoms with Crippen LogP contribution in [-0.4, -0.2) is 45.2 Å². The number of imidazole rings is 1. The standard InChI is InChI=1S/C26H35N3O3/c1-6-28(7-2)26(31)20-11-14-23-22(17-20)27-25(29(23)16-15-18(4)5)24(30)19-9-12-21(13-10-19)32-8-3/h9-14,17-18,24,30H,6-8,15-16H2,1-5H3. The van der Waals surface area contributed by atoms with Gasteiger partial charge in [0.05, 0.1) is 17.6 Å². The molecule has 0 aliphatic rings.